The monoisotopic (exact) mass is 309 g/mol. The van der Waals surface area contributed by atoms with Gasteiger partial charge in [-0.3, -0.25) is 4.79 Å². The number of methoxy groups -OCH3 is 1. The van der Waals surface area contributed by atoms with Gasteiger partial charge in [0.15, 0.2) is 0 Å². The van der Waals surface area contributed by atoms with Crippen molar-refractivity contribution in [3.05, 3.63) is 64.7 Å². The van der Waals surface area contributed by atoms with Gasteiger partial charge in [0.05, 0.1) is 13.2 Å². The van der Waals surface area contributed by atoms with Gasteiger partial charge in [0, 0.05) is 11.1 Å². The molecule has 1 atom stereocenters. The van der Waals surface area contributed by atoms with E-state index in [1.165, 1.54) is 24.0 Å². The fourth-order valence-corrected chi connectivity index (χ4v) is 3.26. The minimum absolute atomic E-state index is 0.0308. The highest BCUT2D eigenvalue weighted by atomic mass is 16.5. The smallest absolute Gasteiger partial charge is 0.251 e. The first-order chi connectivity index (χ1) is 11.2. The normalized spacial score (nSPS) is 14.7. The Balaban J connectivity index is 1.76. The molecule has 3 heteroatoms. The van der Waals surface area contributed by atoms with Crippen molar-refractivity contribution in [2.75, 3.05) is 7.11 Å². The summed E-state index contributed by atoms with van der Waals surface area (Å²) in [5.41, 5.74) is 4.45. The van der Waals surface area contributed by atoms with Crippen LogP contribution in [-0.2, 0) is 12.8 Å². The van der Waals surface area contributed by atoms with Gasteiger partial charge in [-0.15, -0.1) is 0 Å². The van der Waals surface area contributed by atoms with Gasteiger partial charge in [0.1, 0.15) is 5.75 Å². The topological polar surface area (TPSA) is 38.3 Å². The number of hydrogen-bond donors (Lipinski definition) is 1. The number of para-hydroxylation sites is 1. The van der Waals surface area contributed by atoms with E-state index in [1.807, 2.05) is 37.3 Å². The number of nitrogens with one attached hydrogen (secondary N) is 1. The summed E-state index contributed by atoms with van der Waals surface area (Å²) in [6.07, 6.45) is 4.69. The van der Waals surface area contributed by atoms with Gasteiger partial charge >= 0.3 is 0 Å². The van der Waals surface area contributed by atoms with Crippen LogP contribution in [0.5, 0.6) is 5.75 Å². The summed E-state index contributed by atoms with van der Waals surface area (Å²) < 4.78 is 5.38. The Kier molecular flexibility index (Phi) is 4.65. The lowest BCUT2D eigenvalue weighted by Gasteiger charge is -2.19. The molecule has 23 heavy (non-hydrogen) atoms. The number of rotatable bonds is 4. The number of carbonyl (C=O) groups is 1. The van der Waals surface area contributed by atoms with Crippen molar-refractivity contribution in [3.63, 3.8) is 0 Å². The maximum Gasteiger partial charge on any atom is 0.251 e. The van der Waals surface area contributed by atoms with E-state index in [2.05, 4.69) is 17.4 Å². The number of hydrogen-bond acceptors (Lipinski definition) is 2. The fraction of sp³-hybridized carbons (Fsp3) is 0.350. The van der Waals surface area contributed by atoms with E-state index in [0.717, 1.165) is 29.7 Å². The van der Waals surface area contributed by atoms with Gasteiger partial charge in [-0.2, -0.15) is 0 Å². The first kappa shape index (κ1) is 15.6. The molecular formula is C20H23NO2. The van der Waals surface area contributed by atoms with Crippen LogP contribution < -0.4 is 10.1 Å². The van der Waals surface area contributed by atoms with Crippen molar-refractivity contribution in [2.24, 2.45) is 0 Å². The van der Waals surface area contributed by atoms with Gasteiger partial charge in [0.2, 0.25) is 0 Å². The third kappa shape index (κ3) is 3.39. The summed E-state index contributed by atoms with van der Waals surface area (Å²) in [5.74, 6) is 0.766. The fourth-order valence-electron chi connectivity index (χ4n) is 3.26. The molecule has 0 saturated carbocycles. The van der Waals surface area contributed by atoms with Crippen LogP contribution in [-0.4, -0.2) is 13.0 Å². The Hall–Kier alpha value is -2.29. The minimum atomic E-state index is -0.102. The molecule has 1 aliphatic carbocycles. The molecule has 0 fully saturated rings. The number of amides is 1. The zero-order valence-corrected chi connectivity index (χ0v) is 13.8. The molecule has 1 aliphatic rings. The highest BCUT2D eigenvalue weighted by molar-refractivity contribution is 5.94. The van der Waals surface area contributed by atoms with Crippen molar-refractivity contribution in [1.29, 1.82) is 0 Å². The van der Waals surface area contributed by atoms with Crippen molar-refractivity contribution in [2.45, 2.75) is 38.6 Å². The number of benzene rings is 2. The van der Waals surface area contributed by atoms with Gasteiger partial charge in [0.25, 0.3) is 5.91 Å². The molecule has 2 aromatic rings. The zero-order valence-electron chi connectivity index (χ0n) is 13.8. The molecule has 0 spiro atoms. The number of aryl methyl sites for hydroxylation is 2. The van der Waals surface area contributed by atoms with Crippen LogP contribution in [0.15, 0.2) is 42.5 Å². The van der Waals surface area contributed by atoms with E-state index >= 15 is 0 Å². The summed E-state index contributed by atoms with van der Waals surface area (Å²) in [6, 6.07) is 13.8. The summed E-state index contributed by atoms with van der Waals surface area (Å²) in [5, 5.41) is 3.08. The van der Waals surface area contributed by atoms with E-state index < -0.39 is 0 Å². The van der Waals surface area contributed by atoms with Gasteiger partial charge < -0.3 is 10.1 Å². The zero-order chi connectivity index (χ0) is 16.2. The molecule has 0 radical (unpaired) electrons. The van der Waals surface area contributed by atoms with Crippen molar-refractivity contribution in [1.82, 2.24) is 5.32 Å². The van der Waals surface area contributed by atoms with Crippen molar-refractivity contribution < 1.29 is 9.53 Å². The molecule has 0 aromatic heterocycles. The lowest BCUT2D eigenvalue weighted by molar-refractivity contribution is 0.0939. The first-order valence-corrected chi connectivity index (χ1v) is 8.24. The number of fused-ring (bicyclic) bond motifs is 1. The minimum Gasteiger partial charge on any atom is -0.496 e. The summed E-state index contributed by atoms with van der Waals surface area (Å²) in [6.45, 7) is 1.98. The highest BCUT2D eigenvalue weighted by Gasteiger charge is 2.16. The molecule has 0 aliphatic heterocycles. The van der Waals surface area contributed by atoms with Crippen LogP contribution in [0, 0.1) is 0 Å². The summed E-state index contributed by atoms with van der Waals surface area (Å²) in [7, 11) is 1.65. The highest BCUT2D eigenvalue weighted by Crippen LogP contribution is 2.25. The molecule has 0 bridgehead atoms. The Bertz CT molecular complexity index is 709. The summed E-state index contributed by atoms with van der Waals surface area (Å²) >= 11 is 0. The van der Waals surface area contributed by atoms with Crippen molar-refractivity contribution >= 4 is 5.91 Å². The third-order valence-electron chi connectivity index (χ3n) is 4.56. The van der Waals surface area contributed by atoms with Crippen LogP contribution >= 0.6 is 0 Å². The molecular weight excluding hydrogens is 286 g/mol. The van der Waals surface area contributed by atoms with Crippen LogP contribution in [0.1, 0.15) is 52.9 Å². The lowest BCUT2D eigenvalue weighted by Crippen LogP contribution is -2.27. The predicted molar refractivity (Wildman–Crippen MR) is 92.0 cm³/mol. The molecule has 2 aromatic carbocycles. The van der Waals surface area contributed by atoms with E-state index in [9.17, 15) is 4.79 Å². The van der Waals surface area contributed by atoms with Gasteiger partial charge in [-0.05, 0) is 61.9 Å². The standard InChI is InChI=1S/C20H23NO2/c1-14(18-9-5-6-10-19(18)23-2)21-20(22)17-12-11-15-7-3-4-8-16(15)13-17/h5-6,9-14H,3-4,7-8H2,1-2H3,(H,21,22)/t14-/m0/s1. The summed E-state index contributed by atoms with van der Waals surface area (Å²) in [4.78, 5) is 12.6. The molecule has 0 heterocycles. The number of carbonyl (C=O) groups excluding carboxylic acids is 1. The van der Waals surface area contributed by atoms with Crippen molar-refractivity contribution in [3.8, 4) is 5.75 Å². The molecule has 1 N–H and O–H groups in total. The first-order valence-electron chi connectivity index (χ1n) is 8.24. The van der Waals surface area contributed by atoms with Gasteiger partial charge in [-0.1, -0.05) is 24.3 Å². The Morgan fingerprint density at radius 1 is 1.09 bits per heavy atom. The molecule has 3 rings (SSSR count). The maximum absolute atomic E-state index is 12.6. The van der Waals surface area contributed by atoms with Crippen LogP contribution in [0.3, 0.4) is 0 Å². The molecule has 3 nitrogen and oxygen atoms in total. The van der Waals surface area contributed by atoms with Crippen LogP contribution in [0.2, 0.25) is 0 Å². The van der Waals surface area contributed by atoms with E-state index in [4.69, 9.17) is 4.74 Å². The van der Waals surface area contributed by atoms with E-state index in [0.29, 0.717) is 0 Å². The Morgan fingerprint density at radius 3 is 2.61 bits per heavy atom. The quantitative estimate of drug-likeness (QED) is 0.924. The second-order valence-corrected chi connectivity index (χ2v) is 6.13. The van der Waals surface area contributed by atoms with Crippen LogP contribution in [0.4, 0.5) is 0 Å². The second-order valence-electron chi connectivity index (χ2n) is 6.13. The average molecular weight is 309 g/mol. The van der Waals surface area contributed by atoms with Crippen LogP contribution in [0.25, 0.3) is 0 Å². The third-order valence-corrected chi connectivity index (χ3v) is 4.56. The Morgan fingerprint density at radius 2 is 1.83 bits per heavy atom. The SMILES string of the molecule is COc1ccccc1[C@H](C)NC(=O)c1ccc2c(c1)CCCC2. The predicted octanol–water partition coefficient (Wildman–Crippen LogP) is 4.07. The number of ether oxygens (including phenoxy) is 1. The van der Waals surface area contributed by atoms with E-state index in [-0.39, 0.29) is 11.9 Å². The van der Waals surface area contributed by atoms with E-state index in [1.54, 1.807) is 7.11 Å². The lowest BCUT2D eigenvalue weighted by atomic mass is 9.90. The van der Waals surface area contributed by atoms with Gasteiger partial charge in [-0.25, -0.2) is 0 Å². The average Bonchev–Trinajstić information content (AvgIpc) is 2.61. The molecule has 0 saturated heterocycles. The molecule has 120 valence electrons. The second kappa shape index (κ2) is 6.86. The molecule has 1 amide bonds. The maximum atomic E-state index is 12.6. The molecule has 0 unspecified atom stereocenters. The largest absolute Gasteiger partial charge is 0.496 e. The Labute approximate surface area is 137 Å².